The highest BCUT2D eigenvalue weighted by Crippen LogP contribution is 2.26. The molecule has 0 spiro atoms. The molecule has 9 heteroatoms. The quantitative estimate of drug-likeness (QED) is 0.453. The van der Waals surface area contributed by atoms with Crippen LogP contribution >= 0.6 is 15.9 Å². The number of rotatable bonds is 7. The fourth-order valence-electron chi connectivity index (χ4n) is 2.56. The van der Waals surface area contributed by atoms with Crippen LogP contribution in [0.3, 0.4) is 0 Å². The van der Waals surface area contributed by atoms with Crippen molar-refractivity contribution in [1.29, 1.82) is 0 Å². The van der Waals surface area contributed by atoms with Gasteiger partial charge in [-0.05, 0) is 12.8 Å². The summed E-state index contributed by atoms with van der Waals surface area (Å²) in [6, 6.07) is -0.667. The fraction of sp³-hybridized carbons (Fsp3) is 0.857. The summed E-state index contributed by atoms with van der Waals surface area (Å²) in [5, 5.41) is -0.183. The molecule has 0 aromatic carbocycles. The first-order valence-corrected chi connectivity index (χ1v) is 10.1. The Kier molecular flexibility index (Phi) is 7.03. The number of nitrogens with zero attached hydrogens (tertiary/aromatic N) is 2. The molecule has 1 unspecified atom stereocenters. The van der Waals surface area contributed by atoms with Crippen LogP contribution in [0.1, 0.15) is 20.8 Å². The zero-order valence-electron chi connectivity index (χ0n) is 14.2. The number of halogens is 1. The first-order chi connectivity index (χ1) is 10.6. The largest absolute Gasteiger partial charge is 0.467 e. The summed E-state index contributed by atoms with van der Waals surface area (Å²) < 4.78 is 30.4. The number of alkyl halides is 1. The lowest BCUT2D eigenvalue weighted by Gasteiger charge is -2.41. The maximum Gasteiger partial charge on any atom is 0.328 e. The number of sulfonamides is 1. The molecule has 1 aliphatic rings. The predicted octanol–water partition coefficient (Wildman–Crippen LogP) is 0.687. The standard InChI is InChI=1S/C14H25BrN2O5S/c1-9(2)12(14(19)22-5)16(4)13(18)11-7-17(8-11)23(20,21)10(3)6-15/h9-12H,6-8H2,1-5H3/t10?,12-/m0/s1. The van der Waals surface area contributed by atoms with E-state index in [1.54, 1.807) is 14.0 Å². The van der Waals surface area contributed by atoms with Gasteiger partial charge in [0.25, 0.3) is 0 Å². The van der Waals surface area contributed by atoms with Crippen LogP contribution in [0.15, 0.2) is 0 Å². The highest BCUT2D eigenvalue weighted by molar-refractivity contribution is 9.09. The van der Waals surface area contributed by atoms with E-state index in [1.807, 2.05) is 13.8 Å². The van der Waals surface area contributed by atoms with Crippen LogP contribution in [-0.4, -0.2) is 73.4 Å². The predicted molar refractivity (Wildman–Crippen MR) is 90.7 cm³/mol. The Morgan fingerprint density at radius 1 is 1.30 bits per heavy atom. The summed E-state index contributed by atoms with van der Waals surface area (Å²) in [6.07, 6.45) is 0. The highest BCUT2D eigenvalue weighted by Gasteiger charge is 2.44. The summed E-state index contributed by atoms with van der Waals surface area (Å²) in [7, 11) is -0.533. The molecule has 0 radical (unpaired) electrons. The first-order valence-electron chi connectivity index (χ1n) is 7.47. The normalized spacial score (nSPS) is 19.1. The van der Waals surface area contributed by atoms with Gasteiger partial charge in [-0.15, -0.1) is 0 Å². The van der Waals surface area contributed by atoms with Gasteiger partial charge in [-0.3, -0.25) is 4.79 Å². The van der Waals surface area contributed by atoms with Crippen molar-refractivity contribution in [1.82, 2.24) is 9.21 Å². The molecule has 7 nitrogen and oxygen atoms in total. The average molecular weight is 413 g/mol. The minimum atomic E-state index is -3.38. The van der Waals surface area contributed by atoms with Crippen LogP contribution < -0.4 is 0 Å². The molecule has 0 bridgehead atoms. The molecule has 1 heterocycles. The number of likely N-dealkylation sites (N-methyl/N-ethyl adjacent to an activating group) is 1. The second-order valence-corrected chi connectivity index (χ2v) is 9.18. The van der Waals surface area contributed by atoms with Gasteiger partial charge in [0.15, 0.2) is 0 Å². The maximum absolute atomic E-state index is 12.5. The van der Waals surface area contributed by atoms with E-state index in [2.05, 4.69) is 15.9 Å². The fourth-order valence-corrected chi connectivity index (χ4v) is 5.01. The minimum Gasteiger partial charge on any atom is -0.467 e. The lowest BCUT2D eigenvalue weighted by Crippen LogP contribution is -2.59. The van der Waals surface area contributed by atoms with E-state index in [4.69, 9.17) is 4.74 Å². The van der Waals surface area contributed by atoms with Gasteiger partial charge in [0, 0.05) is 25.5 Å². The second-order valence-electron chi connectivity index (χ2n) is 6.18. The Hall–Kier alpha value is -0.670. The summed E-state index contributed by atoms with van der Waals surface area (Å²) in [4.78, 5) is 25.7. The Morgan fingerprint density at radius 2 is 1.83 bits per heavy atom. The number of ether oxygens (including phenoxy) is 1. The molecule has 2 atom stereocenters. The summed E-state index contributed by atoms with van der Waals surface area (Å²) >= 11 is 3.17. The first kappa shape index (κ1) is 20.4. The van der Waals surface area contributed by atoms with Crippen LogP contribution in [0, 0.1) is 11.8 Å². The van der Waals surface area contributed by atoms with Crippen LogP contribution in [-0.2, 0) is 24.3 Å². The van der Waals surface area contributed by atoms with Gasteiger partial charge in [-0.25, -0.2) is 13.2 Å². The third-order valence-corrected chi connectivity index (χ3v) is 7.72. The number of carbonyl (C=O) groups is 2. The van der Waals surface area contributed by atoms with Crippen LogP contribution in [0.4, 0.5) is 0 Å². The van der Waals surface area contributed by atoms with E-state index < -0.39 is 33.2 Å². The highest BCUT2D eigenvalue weighted by atomic mass is 79.9. The van der Waals surface area contributed by atoms with Crippen LogP contribution in [0.25, 0.3) is 0 Å². The molecule has 134 valence electrons. The number of esters is 1. The molecule has 0 aromatic heterocycles. The minimum absolute atomic E-state index is 0.0928. The second kappa shape index (κ2) is 7.94. The van der Waals surface area contributed by atoms with E-state index in [0.717, 1.165) is 0 Å². The molecule has 1 fully saturated rings. The number of hydrogen-bond donors (Lipinski definition) is 0. The van der Waals surface area contributed by atoms with E-state index in [9.17, 15) is 18.0 Å². The molecule has 0 aromatic rings. The average Bonchev–Trinajstić information content (AvgIpc) is 2.43. The number of carbonyl (C=O) groups excluding carboxylic acids is 2. The van der Waals surface area contributed by atoms with Crippen molar-refractivity contribution in [3.63, 3.8) is 0 Å². The topological polar surface area (TPSA) is 84.0 Å². The van der Waals surface area contributed by atoms with Crippen molar-refractivity contribution in [2.45, 2.75) is 32.1 Å². The summed E-state index contributed by atoms with van der Waals surface area (Å²) in [5.41, 5.74) is 0. The number of amides is 1. The number of methoxy groups -OCH3 is 1. The zero-order valence-corrected chi connectivity index (χ0v) is 16.6. The van der Waals surface area contributed by atoms with E-state index in [0.29, 0.717) is 5.33 Å². The van der Waals surface area contributed by atoms with Gasteiger partial charge < -0.3 is 9.64 Å². The van der Waals surface area contributed by atoms with Crippen LogP contribution in [0.2, 0.25) is 0 Å². The molecule has 1 amide bonds. The smallest absolute Gasteiger partial charge is 0.328 e. The molecule has 0 N–H and O–H groups in total. The van der Waals surface area contributed by atoms with E-state index in [-0.39, 0.29) is 24.9 Å². The SMILES string of the molecule is COC(=O)[C@H](C(C)C)N(C)C(=O)C1CN(S(=O)(=O)C(C)CBr)C1. The third kappa shape index (κ3) is 4.24. The lowest BCUT2D eigenvalue weighted by molar-refractivity contribution is -0.156. The summed E-state index contributed by atoms with van der Waals surface area (Å²) in [5.74, 6) is -1.20. The molecular weight excluding hydrogens is 388 g/mol. The van der Waals surface area contributed by atoms with Gasteiger partial charge in [0.1, 0.15) is 6.04 Å². The third-order valence-electron chi connectivity index (χ3n) is 4.12. The Morgan fingerprint density at radius 3 is 2.22 bits per heavy atom. The molecule has 1 rings (SSSR count). The molecular formula is C14H25BrN2O5S. The molecule has 0 saturated carbocycles. The number of hydrogen-bond acceptors (Lipinski definition) is 5. The van der Waals surface area contributed by atoms with Gasteiger partial charge in [0.05, 0.1) is 18.3 Å². The van der Waals surface area contributed by atoms with Gasteiger partial charge in [0.2, 0.25) is 15.9 Å². The molecule has 1 saturated heterocycles. The van der Waals surface area contributed by atoms with Gasteiger partial charge in [-0.2, -0.15) is 4.31 Å². The van der Waals surface area contributed by atoms with Crippen molar-refractivity contribution >= 4 is 37.8 Å². The monoisotopic (exact) mass is 412 g/mol. The molecule has 1 aliphatic heterocycles. The summed E-state index contributed by atoms with van der Waals surface area (Å²) in [6.45, 7) is 5.61. The Labute approximate surface area is 146 Å². The van der Waals surface area contributed by atoms with Crippen molar-refractivity contribution in [3.8, 4) is 0 Å². The van der Waals surface area contributed by atoms with E-state index in [1.165, 1.54) is 16.3 Å². The molecule has 0 aliphatic carbocycles. The van der Waals surface area contributed by atoms with E-state index >= 15 is 0 Å². The van der Waals surface area contributed by atoms with Crippen LogP contribution in [0.5, 0.6) is 0 Å². The van der Waals surface area contributed by atoms with Crippen molar-refractivity contribution < 1.29 is 22.7 Å². The van der Waals surface area contributed by atoms with Crippen molar-refractivity contribution in [2.24, 2.45) is 11.8 Å². The van der Waals surface area contributed by atoms with Crippen molar-refractivity contribution in [2.75, 3.05) is 32.6 Å². The lowest BCUT2D eigenvalue weighted by atomic mass is 9.97. The van der Waals surface area contributed by atoms with Crippen molar-refractivity contribution in [3.05, 3.63) is 0 Å². The Balaban J connectivity index is 2.73. The zero-order chi connectivity index (χ0) is 17.9. The van der Waals surface area contributed by atoms with Gasteiger partial charge >= 0.3 is 5.97 Å². The molecule has 23 heavy (non-hydrogen) atoms. The Bertz CT molecular complexity index is 545. The maximum atomic E-state index is 12.5. The van der Waals surface area contributed by atoms with Gasteiger partial charge in [-0.1, -0.05) is 29.8 Å².